The van der Waals surface area contributed by atoms with Gasteiger partial charge in [0.15, 0.2) is 8.32 Å². The molecule has 0 aromatic rings. The lowest BCUT2D eigenvalue weighted by molar-refractivity contribution is -0.123. The van der Waals surface area contributed by atoms with E-state index in [1.807, 2.05) is 0 Å². The lowest BCUT2D eigenvalue weighted by Gasteiger charge is -2.47. The maximum Gasteiger partial charge on any atom is 0.184 e. The van der Waals surface area contributed by atoms with Crippen LogP contribution >= 0.6 is 23.5 Å². The van der Waals surface area contributed by atoms with Crippen molar-refractivity contribution in [1.82, 2.24) is 0 Å². The van der Waals surface area contributed by atoms with Crippen LogP contribution in [-0.4, -0.2) is 35.8 Å². The number of ketones is 1. The lowest BCUT2D eigenvalue weighted by Crippen LogP contribution is -2.47. The molecule has 2 saturated carbocycles. The maximum atomic E-state index is 12.3. The van der Waals surface area contributed by atoms with E-state index in [0.717, 1.165) is 19.3 Å². The third-order valence-corrected chi connectivity index (χ3v) is 9.12. The molecule has 1 heterocycles. The first kappa shape index (κ1) is 14.5. The quantitative estimate of drug-likeness (QED) is 0.724. The number of fused-ring (bicyclic) bond motifs is 3. The summed E-state index contributed by atoms with van der Waals surface area (Å²) in [5, 5.41) is 0. The molecule has 108 valence electrons. The first-order valence-electron chi connectivity index (χ1n) is 7.38. The molecular formula is C14H24O2S2Si. The average molecular weight is 317 g/mol. The molecule has 2 bridgehead atoms. The molecule has 2 nitrogen and oxygen atoms in total. The summed E-state index contributed by atoms with van der Waals surface area (Å²) in [5.74, 6) is 3.84. The Morgan fingerprint density at radius 2 is 1.95 bits per heavy atom. The molecule has 0 aromatic heterocycles. The van der Waals surface area contributed by atoms with E-state index in [1.54, 1.807) is 0 Å². The van der Waals surface area contributed by atoms with Gasteiger partial charge in [0, 0.05) is 12.3 Å². The number of hydrogen-bond acceptors (Lipinski definition) is 4. The van der Waals surface area contributed by atoms with Gasteiger partial charge in [-0.1, -0.05) is 0 Å². The molecule has 5 heteroatoms. The van der Waals surface area contributed by atoms with Gasteiger partial charge in [-0.15, -0.1) is 23.5 Å². The number of carbonyl (C=O) groups is 1. The Labute approximate surface area is 125 Å². The summed E-state index contributed by atoms with van der Waals surface area (Å²) in [4.78, 5) is 12.3. The van der Waals surface area contributed by atoms with Crippen molar-refractivity contribution in [2.75, 3.05) is 11.5 Å². The van der Waals surface area contributed by atoms with Gasteiger partial charge in [-0.3, -0.25) is 4.79 Å². The van der Waals surface area contributed by atoms with Gasteiger partial charge >= 0.3 is 0 Å². The van der Waals surface area contributed by atoms with Crippen LogP contribution in [0.4, 0.5) is 0 Å². The van der Waals surface area contributed by atoms with Crippen LogP contribution in [0, 0.1) is 11.8 Å². The number of rotatable bonds is 2. The molecule has 0 unspecified atom stereocenters. The predicted octanol–water partition coefficient (Wildman–Crippen LogP) is 3.77. The molecule has 1 spiro atoms. The predicted molar refractivity (Wildman–Crippen MR) is 86.3 cm³/mol. The Morgan fingerprint density at radius 3 is 2.58 bits per heavy atom. The molecule has 1 aliphatic heterocycles. The van der Waals surface area contributed by atoms with Crippen molar-refractivity contribution in [2.24, 2.45) is 11.8 Å². The van der Waals surface area contributed by atoms with Crippen molar-refractivity contribution in [3.05, 3.63) is 0 Å². The van der Waals surface area contributed by atoms with Crippen molar-refractivity contribution >= 4 is 37.6 Å². The summed E-state index contributed by atoms with van der Waals surface area (Å²) in [7, 11) is -1.56. The molecule has 1 saturated heterocycles. The zero-order valence-electron chi connectivity index (χ0n) is 12.1. The topological polar surface area (TPSA) is 26.3 Å². The molecule has 2 aliphatic carbocycles. The molecule has 0 N–H and O–H groups in total. The summed E-state index contributed by atoms with van der Waals surface area (Å²) >= 11 is 4.25. The van der Waals surface area contributed by atoms with E-state index in [1.165, 1.54) is 17.9 Å². The highest BCUT2D eigenvalue weighted by Gasteiger charge is 2.56. The summed E-state index contributed by atoms with van der Waals surface area (Å²) in [5.41, 5.74) is 0. The van der Waals surface area contributed by atoms with Crippen molar-refractivity contribution < 1.29 is 9.22 Å². The van der Waals surface area contributed by atoms with Crippen molar-refractivity contribution in [3.63, 3.8) is 0 Å². The van der Waals surface area contributed by atoms with Crippen LogP contribution in [0.1, 0.15) is 25.7 Å². The number of thioether (sulfide) groups is 2. The van der Waals surface area contributed by atoms with Gasteiger partial charge in [-0.25, -0.2) is 0 Å². The van der Waals surface area contributed by atoms with Crippen molar-refractivity contribution in [3.8, 4) is 0 Å². The zero-order valence-corrected chi connectivity index (χ0v) is 14.7. The molecule has 3 aliphatic rings. The number of carbonyl (C=O) groups excluding carboxylic acids is 1. The van der Waals surface area contributed by atoms with E-state index in [4.69, 9.17) is 4.43 Å². The smallest absolute Gasteiger partial charge is 0.184 e. The van der Waals surface area contributed by atoms with Gasteiger partial charge in [0.1, 0.15) is 5.78 Å². The van der Waals surface area contributed by atoms with Gasteiger partial charge in [0.05, 0.1) is 10.2 Å². The van der Waals surface area contributed by atoms with Crippen LogP contribution in [0.25, 0.3) is 0 Å². The van der Waals surface area contributed by atoms with E-state index in [9.17, 15) is 4.79 Å². The van der Waals surface area contributed by atoms with Crippen LogP contribution in [0.5, 0.6) is 0 Å². The fourth-order valence-corrected chi connectivity index (χ4v) is 8.56. The standard InChI is InChI=1S/C14H24O2S2Si/c1-19(2,3)16-13-9-14(17-5-4-6-18-14)10-7-11(13)12(15)8-10/h10-11,13H,4-9H2,1-3H3/t10-,11-,13-/m1/s1. The summed E-state index contributed by atoms with van der Waals surface area (Å²) in [6.45, 7) is 6.73. The zero-order chi connectivity index (χ0) is 13.7. The van der Waals surface area contributed by atoms with Gasteiger partial charge in [0.25, 0.3) is 0 Å². The average Bonchev–Trinajstić information content (AvgIpc) is 2.66. The minimum Gasteiger partial charge on any atom is -0.414 e. The fourth-order valence-electron chi connectivity index (χ4n) is 3.72. The number of Topliss-reactive ketones (excluding diaryl/α,β-unsaturated/α-hetero) is 1. The van der Waals surface area contributed by atoms with E-state index < -0.39 is 8.32 Å². The van der Waals surface area contributed by atoms with Crippen LogP contribution in [0.2, 0.25) is 19.6 Å². The molecule has 19 heavy (non-hydrogen) atoms. The van der Waals surface area contributed by atoms with Gasteiger partial charge in [-0.05, 0) is 56.3 Å². The molecule has 3 rings (SSSR count). The van der Waals surface area contributed by atoms with E-state index >= 15 is 0 Å². The van der Waals surface area contributed by atoms with Crippen molar-refractivity contribution in [2.45, 2.75) is 55.5 Å². The highest BCUT2D eigenvalue weighted by molar-refractivity contribution is 8.18. The summed E-state index contributed by atoms with van der Waals surface area (Å²) < 4.78 is 6.70. The maximum absolute atomic E-state index is 12.3. The van der Waals surface area contributed by atoms with Crippen LogP contribution in [-0.2, 0) is 9.22 Å². The second kappa shape index (κ2) is 5.07. The number of hydrogen-bond donors (Lipinski definition) is 0. The molecule has 3 atom stereocenters. The van der Waals surface area contributed by atoms with E-state index in [0.29, 0.717) is 15.8 Å². The monoisotopic (exact) mass is 316 g/mol. The summed E-state index contributed by atoms with van der Waals surface area (Å²) in [6.07, 6.45) is 4.54. The van der Waals surface area contributed by atoms with Gasteiger partial charge < -0.3 is 4.43 Å². The molecule has 0 radical (unpaired) electrons. The van der Waals surface area contributed by atoms with Crippen LogP contribution in [0.3, 0.4) is 0 Å². The van der Waals surface area contributed by atoms with E-state index in [2.05, 4.69) is 43.2 Å². The van der Waals surface area contributed by atoms with Gasteiger partial charge in [-0.2, -0.15) is 0 Å². The Balaban J connectivity index is 1.83. The minimum absolute atomic E-state index is 0.205. The molecule has 0 aromatic carbocycles. The third-order valence-electron chi connectivity index (χ3n) is 4.44. The van der Waals surface area contributed by atoms with Crippen LogP contribution in [0.15, 0.2) is 0 Å². The SMILES string of the molecule is C[Si](C)(C)O[C@@H]1CC2(SCCCS2)[C@H]2CC(=O)[C@H]1C2. The lowest BCUT2D eigenvalue weighted by atomic mass is 9.85. The largest absolute Gasteiger partial charge is 0.414 e. The highest BCUT2D eigenvalue weighted by Crippen LogP contribution is 2.60. The van der Waals surface area contributed by atoms with Crippen molar-refractivity contribution in [1.29, 1.82) is 0 Å². The third kappa shape index (κ3) is 2.81. The van der Waals surface area contributed by atoms with Gasteiger partial charge in [0.2, 0.25) is 0 Å². The van der Waals surface area contributed by atoms with Crippen LogP contribution < -0.4 is 0 Å². The first-order valence-corrected chi connectivity index (χ1v) is 12.8. The highest BCUT2D eigenvalue weighted by atomic mass is 32.2. The molecular weight excluding hydrogens is 292 g/mol. The fraction of sp³-hybridized carbons (Fsp3) is 0.929. The Bertz CT molecular complexity index is 374. The minimum atomic E-state index is -1.56. The first-order chi connectivity index (χ1) is 8.90. The summed E-state index contributed by atoms with van der Waals surface area (Å²) in [6, 6.07) is 0. The second-order valence-corrected chi connectivity index (χ2v) is 14.6. The Morgan fingerprint density at radius 1 is 1.26 bits per heavy atom. The normalized spacial score (nSPS) is 37.8. The van der Waals surface area contributed by atoms with E-state index in [-0.39, 0.29) is 12.0 Å². The molecule has 3 fully saturated rings. The molecule has 0 amide bonds. The Hall–Kier alpha value is 0.547. The Kier molecular flexibility index (Phi) is 3.87. The second-order valence-electron chi connectivity index (χ2n) is 7.04.